The van der Waals surface area contributed by atoms with Gasteiger partial charge >= 0.3 is 5.97 Å². The number of esters is 1. The van der Waals surface area contributed by atoms with Crippen molar-refractivity contribution in [2.75, 3.05) is 6.61 Å². The number of hydrogen-bond donors (Lipinski definition) is 1. The van der Waals surface area contributed by atoms with E-state index in [1.54, 1.807) is 0 Å². The first-order chi connectivity index (χ1) is 9.96. The van der Waals surface area contributed by atoms with Crippen LogP contribution in [-0.2, 0) is 16.7 Å². The molecule has 1 aromatic rings. The molecule has 1 aromatic heterocycles. The number of nitrogens with zero attached hydrogens (tertiary/aromatic N) is 1. The van der Waals surface area contributed by atoms with Gasteiger partial charge in [-0.1, -0.05) is 33.1 Å². The Morgan fingerprint density at radius 3 is 2.62 bits per heavy atom. The topological polar surface area (TPSA) is 65.2 Å². The van der Waals surface area contributed by atoms with Crippen LogP contribution in [0.3, 0.4) is 0 Å². The molecule has 5 heteroatoms. The van der Waals surface area contributed by atoms with Gasteiger partial charge in [-0.25, -0.2) is 9.78 Å². The quantitative estimate of drug-likeness (QED) is 0.843. The third-order valence-electron chi connectivity index (χ3n) is 3.93. The van der Waals surface area contributed by atoms with Crippen LogP contribution in [0.5, 0.6) is 0 Å². The maximum atomic E-state index is 12.2. The molecule has 0 aromatic carbocycles. The van der Waals surface area contributed by atoms with E-state index < -0.39 is 0 Å². The number of aromatic nitrogens is 1. The van der Waals surface area contributed by atoms with Crippen molar-refractivity contribution in [2.24, 2.45) is 11.7 Å². The summed E-state index contributed by atoms with van der Waals surface area (Å²) in [5.74, 6) is 0.199. The summed E-state index contributed by atoms with van der Waals surface area (Å²) in [7, 11) is 0. The summed E-state index contributed by atoms with van der Waals surface area (Å²) in [6.07, 6.45) is 6.25. The number of ether oxygens (including phenoxy) is 1. The van der Waals surface area contributed by atoms with E-state index in [0.29, 0.717) is 17.4 Å². The van der Waals surface area contributed by atoms with Crippen molar-refractivity contribution in [3.63, 3.8) is 0 Å². The Kier molecular flexibility index (Phi) is 5.38. The maximum absolute atomic E-state index is 12.2. The van der Waals surface area contributed by atoms with Crippen LogP contribution in [0.2, 0.25) is 0 Å². The van der Waals surface area contributed by atoms with Crippen LogP contribution in [0.1, 0.15) is 73.2 Å². The highest BCUT2D eigenvalue weighted by atomic mass is 32.1. The van der Waals surface area contributed by atoms with Gasteiger partial charge in [0.2, 0.25) is 0 Å². The summed E-state index contributed by atoms with van der Waals surface area (Å²) in [6.45, 7) is 6.48. The van der Waals surface area contributed by atoms with E-state index in [1.807, 2.05) is 6.92 Å². The molecule has 0 aliphatic heterocycles. The first-order valence-electron chi connectivity index (χ1n) is 7.92. The van der Waals surface area contributed by atoms with Crippen LogP contribution in [0, 0.1) is 5.92 Å². The summed E-state index contributed by atoms with van der Waals surface area (Å²) in [6, 6.07) is 0. The van der Waals surface area contributed by atoms with Gasteiger partial charge in [0.25, 0.3) is 0 Å². The molecule has 0 spiro atoms. The molecular weight excluding hydrogens is 284 g/mol. The normalized spacial score (nSPS) is 18.0. The van der Waals surface area contributed by atoms with Crippen molar-refractivity contribution in [3.05, 3.63) is 15.6 Å². The van der Waals surface area contributed by atoms with Gasteiger partial charge in [-0.3, -0.25) is 0 Å². The van der Waals surface area contributed by atoms with Crippen molar-refractivity contribution in [3.8, 4) is 0 Å². The van der Waals surface area contributed by atoms with E-state index in [-0.39, 0.29) is 11.5 Å². The number of nitrogens with two attached hydrogens (primary N) is 1. The Balaban J connectivity index is 2.32. The molecule has 0 unspecified atom stereocenters. The molecule has 1 heterocycles. The van der Waals surface area contributed by atoms with E-state index in [1.165, 1.54) is 17.8 Å². The fourth-order valence-electron chi connectivity index (χ4n) is 2.84. The molecule has 0 atom stereocenters. The molecule has 0 saturated heterocycles. The molecule has 0 radical (unpaired) electrons. The Morgan fingerprint density at radius 2 is 2.05 bits per heavy atom. The molecule has 0 bridgehead atoms. The first kappa shape index (κ1) is 16.4. The second-order valence-electron chi connectivity index (χ2n) is 6.33. The molecule has 0 amide bonds. The van der Waals surface area contributed by atoms with Gasteiger partial charge in [-0.05, 0) is 32.1 Å². The van der Waals surface area contributed by atoms with Crippen molar-refractivity contribution in [2.45, 2.75) is 64.8 Å². The van der Waals surface area contributed by atoms with Crippen molar-refractivity contribution < 1.29 is 9.53 Å². The minimum atomic E-state index is -0.348. The molecule has 2 N–H and O–H groups in total. The fourth-order valence-corrected chi connectivity index (χ4v) is 3.99. The lowest BCUT2D eigenvalue weighted by atomic mass is 9.83. The molecule has 1 aliphatic rings. The molecule has 1 saturated carbocycles. The zero-order valence-corrected chi connectivity index (χ0v) is 14.1. The minimum absolute atomic E-state index is 0.253. The molecular formula is C16H26N2O2S. The van der Waals surface area contributed by atoms with Gasteiger partial charge in [0.1, 0.15) is 9.88 Å². The highest BCUT2D eigenvalue weighted by Gasteiger charge is 2.34. The average molecular weight is 310 g/mol. The van der Waals surface area contributed by atoms with E-state index in [2.05, 4.69) is 13.8 Å². The van der Waals surface area contributed by atoms with Gasteiger partial charge in [0.15, 0.2) is 0 Å². The predicted molar refractivity (Wildman–Crippen MR) is 85.6 cm³/mol. The summed E-state index contributed by atoms with van der Waals surface area (Å²) < 4.78 is 5.17. The van der Waals surface area contributed by atoms with Crippen LogP contribution < -0.4 is 5.73 Å². The summed E-state index contributed by atoms with van der Waals surface area (Å²) in [5, 5.41) is 0.918. The van der Waals surface area contributed by atoms with Crippen LogP contribution in [0.4, 0.5) is 0 Å². The lowest BCUT2D eigenvalue weighted by Gasteiger charge is -2.31. The molecule has 2 rings (SSSR count). The van der Waals surface area contributed by atoms with Gasteiger partial charge in [0.05, 0.1) is 17.8 Å². The lowest BCUT2D eigenvalue weighted by Crippen LogP contribution is -2.38. The molecule has 1 aliphatic carbocycles. The molecule has 118 valence electrons. The summed E-state index contributed by atoms with van der Waals surface area (Å²) >= 11 is 1.44. The van der Waals surface area contributed by atoms with Gasteiger partial charge in [0, 0.05) is 0 Å². The second kappa shape index (κ2) is 6.88. The zero-order valence-electron chi connectivity index (χ0n) is 13.3. The SMILES string of the molecule is CCOC(=O)c1sc(C2(N)CCCCC2)nc1CC(C)C. The van der Waals surface area contributed by atoms with Gasteiger partial charge in [-0.2, -0.15) is 0 Å². The maximum Gasteiger partial charge on any atom is 0.350 e. The van der Waals surface area contributed by atoms with E-state index in [0.717, 1.165) is 42.8 Å². The third-order valence-corrected chi connectivity index (χ3v) is 5.23. The number of carbonyl (C=O) groups is 1. The highest BCUT2D eigenvalue weighted by Crippen LogP contribution is 2.38. The number of hydrogen-bond acceptors (Lipinski definition) is 5. The Hall–Kier alpha value is -0.940. The minimum Gasteiger partial charge on any atom is -0.462 e. The van der Waals surface area contributed by atoms with E-state index >= 15 is 0 Å². The molecule has 1 fully saturated rings. The summed E-state index contributed by atoms with van der Waals surface area (Å²) in [5.41, 5.74) is 7.08. The first-order valence-corrected chi connectivity index (χ1v) is 8.74. The van der Waals surface area contributed by atoms with Gasteiger partial charge in [-0.15, -0.1) is 11.3 Å². The largest absolute Gasteiger partial charge is 0.462 e. The van der Waals surface area contributed by atoms with Crippen LogP contribution in [0.15, 0.2) is 0 Å². The molecule has 4 nitrogen and oxygen atoms in total. The molecule has 21 heavy (non-hydrogen) atoms. The average Bonchev–Trinajstić information content (AvgIpc) is 2.84. The number of thiazole rings is 1. The standard InChI is InChI=1S/C16H26N2O2S/c1-4-20-14(19)13-12(10-11(2)3)18-15(21-13)16(17)8-6-5-7-9-16/h11H,4-10,17H2,1-3H3. The van der Waals surface area contributed by atoms with Crippen LogP contribution in [0.25, 0.3) is 0 Å². The lowest BCUT2D eigenvalue weighted by molar-refractivity contribution is 0.0530. The summed E-state index contributed by atoms with van der Waals surface area (Å²) in [4.78, 5) is 17.5. The number of rotatable bonds is 5. The Labute approximate surface area is 131 Å². The fraction of sp³-hybridized carbons (Fsp3) is 0.750. The van der Waals surface area contributed by atoms with Crippen LogP contribution in [-0.4, -0.2) is 17.6 Å². The highest BCUT2D eigenvalue weighted by molar-refractivity contribution is 7.13. The monoisotopic (exact) mass is 310 g/mol. The van der Waals surface area contributed by atoms with E-state index in [4.69, 9.17) is 15.5 Å². The van der Waals surface area contributed by atoms with Crippen molar-refractivity contribution >= 4 is 17.3 Å². The van der Waals surface area contributed by atoms with Crippen LogP contribution >= 0.6 is 11.3 Å². The van der Waals surface area contributed by atoms with Gasteiger partial charge < -0.3 is 10.5 Å². The van der Waals surface area contributed by atoms with Crippen molar-refractivity contribution in [1.29, 1.82) is 0 Å². The third kappa shape index (κ3) is 3.83. The van der Waals surface area contributed by atoms with Crippen molar-refractivity contribution in [1.82, 2.24) is 4.98 Å². The Morgan fingerprint density at radius 1 is 1.38 bits per heavy atom. The Bertz CT molecular complexity index is 490. The zero-order chi connectivity index (χ0) is 15.5. The smallest absolute Gasteiger partial charge is 0.350 e. The second-order valence-corrected chi connectivity index (χ2v) is 7.33. The van der Waals surface area contributed by atoms with E-state index in [9.17, 15) is 4.79 Å². The predicted octanol–water partition coefficient (Wildman–Crippen LogP) is 3.64. The number of carbonyl (C=O) groups excluding carboxylic acids is 1.